The quantitative estimate of drug-likeness (QED) is 0.173. The Labute approximate surface area is 403 Å². The van der Waals surface area contributed by atoms with E-state index in [-0.39, 0.29) is 5.41 Å². The zero-order valence-corrected chi connectivity index (χ0v) is 38.5. The third-order valence-corrected chi connectivity index (χ3v) is 15.1. The van der Waals surface area contributed by atoms with Crippen LogP contribution < -0.4 is 0 Å². The van der Waals surface area contributed by atoms with Gasteiger partial charge >= 0.3 is 0 Å². The van der Waals surface area contributed by atoms with E-state index in [1.807, 2.05) is 6.07 Å². The lowest BCUT2D eigenvalue weighted by atomic mass is 9.82. The molecule has 0 unspecified atom stereocenters. The second kappa shape index (κ2) is 14.5. The summed E-state index contributed by atoms with van der Waals surface area (Å²) < 4.78 is 11.1. The van der Waals surface area contributed by atoms with Gasteiger partial charge in [0.2, 0.25) is 5.95 Å². The normalized spacial score (nSPS) is 13.1. The van der Waals surface area contributed by atoms with Gasteiger partial charge in [0.1, 0.15) is 11.2 Å². The van der Waals surface area contributed by atoms with Gasteiger partial charge in [-0.05, 0) is 111 Å². The van der Waals surface area contributed by atoms with Crippen LogP contribution in [0.4, 0.5) is 0 Å². The molecule has 0 aliphatic heterocycles. The molecule has 0 bridgehead atoms. The molecule has 0 saturated carbocycles. The van der Waals surface area contributed by atoms with Gasteiger partial charge in [0.15, 0.2) is 0 Å². The van der Waals surface area contributed by atoms with Crippen molar-refractivity contribution in [2.75, 3.05) is 0 Å². The Morgan fingerprint density at radius 2 is 0.943 bits per heavy atom. The molecule has 70 heavy (non-hydrogen) atoms. The second-order valence-electron chi connectivity index (χ2n) is 19.4. The van der Waals surface area contributed by atoms with E-state index in [0.29, 0.717) is 5.95 Å². The van der Waals surface area contributed by atoms with Crippen LogP contribution in [0.2, 0.25) is 0 Å². The lowest BCUT2D eigenvalue weighted by molar-refractivity contribution is 0.661. The molecule has 0 saturated heterocycles. The van der Waals surface area contributed by atoms with E-state index in [1.165, 1.54) is 49.5 Å². The lowest BCUT2D eigenvalue weighted by Gasteiger charge is -2.21. The Morgan fingerprint density at radius 3 is 1.73 bits per heavy atom. The van der Waals surface area contributed by atoms with Crippen LogP contribution in [0.3, 0.4) is 0 Å². The minimum Gasteiger partial charge on any atom is -0.456 e. The Morgan fingerprint density at radius 1 is 0.357 bits per heavy atom. The molecule has 1 aliphatic rings. The number of furan rings is 1. The standard InChI is InChI=1S/C65H42N4O/c1-65(2)54-22-12-9-19-45(54)48-35-51-50-34-43(42-29-31-57-49(33-42)52-36-53-46-20-11-14-24-61(46)70-62(53)38-60(52)68(57)44-17-7-4-8-18-44)30-32-58(50)69(59(51)37-55(48)65)64-66-56-23-13-10-21-47(56)63(67-64)41-27-25-40(26-28-41)39-15-5-3-6-16-39/h3-38H,1-2H3. The Kier molecular flexibility index (Phi) is 8.06. The predicted molar refractivity (Wildman–Crippen MR) is 289 cm³/mol. The van der Waals surface area contributed by atoms with Crippen molar-refractivity contribution in [2.24, 2.45) is 0 Å². The summed E-state index contributed by atoms with van der Waals surface area (Å²) in [5.74, 6) is 0.648. The first-order valence-electron chi connectivity index (χ1n) is 24.1. The molecule has 14 aromatic rings. The molecule has 10 aromatic carbocycles. The molecule has 15 rings (SSSR count). The Bertz CT molecular complexity index is 4480. The van der Waals surface area contributed by atoms with Gasteiger partial charge in [0.25, 0.3) is 0 Å². The third kappa shape index (κ3) is 5.60. The average Bonchev–Trinajstić information content (AvgIpc) is 4.11. The van der Waals surface area contributed by atoms with Gasteiger partial charge < -0.3 is 8.98 Å². The molecule has 0 atom stereocenters. The minimum absolute atomic E-state index is 0.189. The molecule has 0 spiro atoms. The molecule has 0 fully saturated rings. The van der Waals surface area contributed by atoms with E-state index in [0.717, 1.165) is 88.4 Å². The molecule has 1 aliphatic carbocycles. The number of hydrogen-bond acceptors (Lipinski definition) is 3. The monoisotopic (exact) mass is 894 g/mol. The molecule has 0 radical (unpaired) electrons. The third-order valence-electron chi connectivity index (χ3n) is 15.1. The van der Waals surface area contributed by atoms with Crippen molar-refractivity contribution >= 4 is 76.5 Å². The topological polar surface area (TPSA) is 48.8 Å². The summed E-state index contributed by atoms with van der Waals surface area (Å²) in [6.45, 7) is 4.70. The number of nitrogens with zero attached hydrogens (tertiary/aromatic N) is 4. The summed E-state index contributed by atoms with van der Waals surface area (Å²) in [7, 11) is 0. The van der Waals surface area contributed by atoms with Crippen LogP contribution in [0.5, 0.6) is 0 Å². The Hall–Kier alpha value is -9.06. The fourth-order valence-corrected chi connectivity index (χ4v) is 11.7. The summed E-state index contributed by atoms with van der Waals surface area (Å²) in [4.78, 5) is 10.9. The first-order valence-corrected chi connectivity index (χ1v) is 24.1. The smallest absolute Gasteiger partial charge is 0.235 e. The van der Waals surface area contributed by atoms with Gasteiger partial charge in [-0.25, -0.2) is 9.97 Å². The molecular formula is C65H42N4O. The maximum Gasteiger partial charge on any atom is 0.235 e. The second-order valence-corrected chi connectivity index (χ2v) is 19.4. The van der Waals surface area contributed by atoms with Gasteiger partial charge in [-0.15, -0.1) is 0 Å². The first kappa shape index (κ1) is 39.0. The van der Waals surface area contributed by atoms with Gasteiger partial charge in [0.05, 0.1) is 33.3 Å². The van der Waals surface area contributed by atoms with Crippen LogP contribution in [0.15, 0.2) is 223 Å². The van der Waals surface area contributed by atoms with Crippen molar-refractivity contribution in [3.05, 3.63) is 230 Å². The van der Waals surface area contributed by atoms with E-state index < -0.39 is 0 Å². The summed E-state index contributed by atoms with van der Waals surface area (Å²) >= 11 is 0. The van der Waals surface area contributed by atoms with Crippen LogP contribution in [-0.2, 0) is 5.41 Å². The maximum atomic E-state index is 6.45. The van der Waals surface area contributed by atoms with Crippen molar-refractivity contribution in [1.82, 2.24) is 19.1 Å². The average molecular weight is 895 g/mol. The number of rotatable bonds is 5. The summed E-state index contributed by atoms with van der Waals surface area (Å²) in [5.41, 5.74) is 19.9. The number of aromatic nitrogens is 4. The molecule has 4 heterocycles. The van der Waals surface area contributed by atoms with E-state index in [2.05, 4.69) is 235 Å². The van der Waals surface area contributed by atoms with Crippen LogP contribution >= 0.6 is 0 Å². The molecule has 5 heteroatoms. The van der Waals surface area contributed by atoms with Gasteiger partial charge in [-0.2, -0.15) is 0 Å². The van der Waals surface area contributed by atoms with Crippen molar-refractivity contribution < 1.29 is 4.42 Å². The highest BCUT2D eigenvalue weighted by Crippen LogP contribution is 2.51. The highest BCUT2D eigenvalue weighted by atomic mass is 16.3. The van der Waals surface area contributed by atoms with Gasteiger partial charge in [0, 0.05) is 60.4 Å². The molecule has 328 valence electrons. The minimum atomic E-state index is -0.189. The number of para-hydroxylation sites is 3. The van der Waals surface area contributed by atoms with Crippen LogP contribution in [0.1, 0.15) is 25.0 Å². The number of hydrogen-bond donors (Lipinski definition) is 0. The van der Waals surface area contributed by atoms with E-state index in [4.69, 9.17) is 14.4 Å². The predicted octanol–water partition coefficient (Wildman–Crippen LogP) is 17.0. The Balaban J connectivity index is 0.965. The van der Waals surface area contributed by atoms with Crippen LogP contribution in [0.25, 0.3) is 133 Å². The van der Waals surface area contributed by atoms with E-state index >= 15 is 0 Å². The molecule has 5 nitrogen and oxygen atoms in total. The zero-order valence-electron chi connectivity index (χ0n) is 38.5. The zero-order chi connectivity index (χ0) is 46.2. The van der Waals surface area contributed by atoms with E-state index in [1.54, 1.807) is 0 Å². The van der Waals surface area contributed by atoms with Crippen molar-refractivity contribution in [3.8, 4) is 56.3 Å². The first-order chi connectivity index (χ1) is 34.4. The lowest BCUT2D eigenvalue weighted by Crippen LogP contribution is -2.15. The largest absolute Gasteiger partial charge is 0.456 e. The fraction of sp³-hybridized carbons (Fsp3) is 0.0462. The summed E-state index contributed by atoms with van der Waals surface area (Å²) in [6, 6.07) is 78.9. The molecular weight excluding hydrogens is 853 g/mol. The van der Waals surface area contributed by atoms with Gasteiger partial charge in [-0.1, -0.05) is 159 Å². The van der Waals surface area contributed by atoms with Crippen molar-refractivity contribution in [3.63, 3.8) is 0 Å². The molecule has 4 aromatic heterocycles. The highest BCUT2D eigenvalue weighted by Gasteiger charge is 2.36. The summed E-state index contributed by atoms with van der Waals surface area (Å²) in [5, 5.41) is 7.97. The maximum absolute atomic E-state index is 6.45. The van der Waals surface area contributed by atoms with Gasteiger partial charge in [-0.3, -0.25) is 4.57 Å². The van der Waals surface area contributed by atoms with Crippen LogP contribution in [-0.4, -0.2) is 19.1 Å². The highest BCUT2D eigenvalue weighted by molar-refractivity contribution is 6.18. The summed E-state index contributed by atoms with van der Waals surface area (Å²) in [6.07, 6.45) is 0. The fourth-order valence-electron chi connectivity index (χ4n) is 11.7. The van der Waals surface area contributed by atoms with Crippen LogP contribution in [0, 0.1) is 0 Å². The van der Waals surface area contributed by atoms with Crippen molar-refractivity contribution in [2.45, 2.75) is 19.3 Å². The molecule has 0 N–H and O–H groups in total. The van der Waals surface area contributed by atoms with Crippen molar-refractivity contribution in [1.29, 1.82) is 0 Å². The molecule has 0 amide bonds. The number of fused-ring (bicyclic) bond motifs is 13. The SMILES string of the molecule is CC1(C)c2ccccc2-c2cc3c4cc(-c5ccc6c(c5)c5cc7c(cc5n6-c5ccccc5)oc5ccccc57)ccc4n(-c4nc(-c5ccc(-c6ccccc6)cc5)c5ccccc5n4)c3cc21. The van der Waals surface area contributed by atoms with E-state index in [9.17, 15) is 0 Å². The number of benzene rings is 10.